The molecule has 1 atom stereocenters. The lowest BCUT2D eigenvalue weighted by Crippen LogP contribution is -2.50. The van der Waals surface area contributed by atoms with E-state index in [1.165, 1.54) is 17.7 Å². The molecule has 0 aliphatic carbocycles. The zero-order valence-corrected chi connectivity index (χ0v) is 14.4. The van der Waals surface area contributed by atoms with Gasteiger partial charge in [-0.3, -0.25) is 9.69 Å². The molecule has 2 aliphatic heterocycles. The van der Waals surface area contributed by atoms with Crippen LogP contribution in [0.4, 0.5) is 0 Å². The smallest absolute Gasteiger partial charge is 0.252 e. The van der Waals surface area contributed by atoms with E-state index in [0.29, 0.717) is 19.4 Å². The van der Waals surface area contributed by atoms with Gasteiger partial charge in [-0.05, 0) is 61.7 Å². The molecule has 122 valence electrons. The number of hydrogen-bond donors (Lipinski definition) is 2. The summed E-state index contributed by atoms with van der Waals surface area (Å²) in [5, 5.41) is 15.6. The largest absolute Gasteiger partial charge is 0.380 e. The molecule has 1 aromatic heterocycles. The zero-order valence-electron chi connectivity index (χ0n) is 12.8. The molecule has 6 heteroatoms. The third-order valence-electron chi connectivity index (χ3n) is 4.65. The van der Waals surface area contributed by atoms with Crippen LogP contribution in [-0.4, -0.2) is 52.7 Å². The second-order valence-electron chi connectivity index (χ2n) is 6.13. The van der Waals surface area contributed by atoms with Crippen LogP contribution in [0, 0.1) is 0 Å². The van der Waals surface area contributed by atoms with Crippen LogP contribution >= 0.6 is 23.1 Å². The fourth-order valence-electron chi connectivity index (χ4n) is 3.23. The summed E-state index contributed by atoms with van der Waals surface area (Å²) in [5.41, 5.74) is -1.16. The van der Waals surface area contributed by atoms with Crippen molar-refractivity contribution in [1.82, 2.24) is 10.2 Å². The molecule has 0 aromatic carbocycles. The number of aliphatic hydroxyl groups is 1. The fraction of sp³-hybridized carbons (Fsp3) is 0.688. The van der Waals surface area contributed by atoms with Crippen molar-refractivity contribution in [2.24, 2.45) is 0 Å². The van der Waals surface area contributed by atoms with Crippen LogP contribution < -0.4 is 5.32 Å². The maximum atomic E-state index is 12.4. The van der Waals surface area contributed by atoms with Gasteiger partial charge < -0.3 is 10.4 Å². The normalized spacial score (nSPS) is 23.3. The van der Waals surface area contributed by atoms with Crippen molar-refractivity contribution in [1.29, 1.82) is 0 Å². The standard InChI is InChI=1S/C16H24N2O2S2/c19-15(16(20)5-10-21-11-6-16)17-12-13(14-4-3-9-22-14)18-7-1-2-8-18/h3-4,9,13,20H,1-2,5-8,10-12H2,(H,17,19). The van der Waals surface area contributed by atoms with Crippen molar-refractivity contribution in [3.05, 3.63) is 22.4 Å². The Balaban J connectivity index is 1.62. The second-order valence-corrected chi connectivity index (χ2v) is 8.33. The van der Waals surface area contributed by atoms with Gasteiger partial charge in [0.25, 0.3) is 5.91 Å². The zero-order chi connectivity index (χ0) is 15.4. The first-order valence-corrected chi connectivity index (χ1v) is 10.1. The quantitative estimate of drug-likeness (QED) is 0.863. The third kappa shape index (κ3) is 3.67. The van der Waals surface area contributed by atoms with Crippen molar-refractivity contribution in [3.63, 3.8) is 0 Å². The van der Waals surface area contributed by atoms with Gasteiger partial charge in [-0.1, -0.05) is 6.07 Å². The van der Waals surface area contributed by atoms with Gasteiger partial charge in [-0.2, -0.15) is 11.8 Å². The van der Waals surface area contributed by atoms with E-state index in [1.807, 2.05) is 11.8 Å². The molecule has 2 N–H and O–H groups in total. The number of likely N-dealkylation sites (tertiary alicyclic amines) is 1. The Bertz CT molecular complexity index is 480. The Kier molecular flexibility index (Phi) is 5.44. The molecule has 0 bridgehead atoms. The molecule has 2 fully saturated rings. The van der Waals surface area contributed by atoms with Crippen LogP contribution in [0.2, 0.25) is 0 Å². The second kappa shape index (κ2) is 7.34. The van der Waals surface area contributed by atoms with Crippen LogP contribution in [0.3, 0.4) is 0 Å². The maximum absolute atomic E-state index is 12.4. The molecule has 22 heavy (non-hydrogen) atoms. The first-order chi connectivity index (χ1) is 10.7. The molecule has 0 saturated carbocycles. The van der Waals surface area contributed by atoms with E-state index in [-0.39, 0.29) is 11.9 Å². The number of carbonyl (C=O) groups is 1. The average molecular weight is 341 g/mol. The lowest BCUT2D eigenvalue weighted by molar-refractivity contribution is -0.140. The highest BCUT2D eigenvalue weighted by molar-refractivity contribution is 7.99. The van der Waals surface area contributed by atoms with Gasteiger partial charge in [0.1, 0.15) is 5.60 Å². The summed E-state index contributed by atoms with van der Waals surface area (Å²) >= 11 is 3.56. The van der Waals surface area contributed by atoms with E-state index in [2.05, 4.69) is 27.7 Å². The number of carbonyl (C=O) groups excluding carboxylic acids is 1. The topological polar surface area (TPSA) is 52.6 Å². The van der Waals surface area contributed by atoms with Gasteiger partial charge in [-0.25, -0.2) is 0 Å². The molecule has 0 spiro atoms. The average Bonchev–Trinajstić information content (AvgIpc) is 3.22. The molecule has 3 rings (SSSR count). The lowest BCUT2D eigenvalue weighted by atomic mass is 9.95. The minimum absolute atomic E-state index is 0.187. The highest BCUT2D eigenvalue weighted by Gasteiger charge is 2.37. The minimum Gasteiger partial charge on any atom is -0.380 e. The van der Waals surface area contributed by atoms with E-state index >= 15 is 0 Å². The Morgan fingerprint density at radius 1 is 1.36 bits per heavy atom. The molecule has 2 saturated heterocycles. The van der Waals surface area contributed by atoms with Crippen molar-refractivity contribution < 1.29 is 9.90 Å². The number of thioether (sulfide) groups is 1. The Morgan fingerprint density at radius 2 is 2.09 bits per heavy atom. The number of nitrogens with zero attached hydrogens (tertiary/aromatic N) is 1. The first-order valence-electron chi connectivity index (χ1n) is 8.05. The third-order valence-corrected chi connectivity index (χ3v) is 6.61. The Hall–Kier alpha value is -0.560. The van der Waals surface area contributed by atoms with E-state index in [9.17, 15) is 9.90 Å². The van der Waals surface area contributed by atoms with Gasteiger partial charge in [0.2, 0.25) is 0 Å². The van der Waals surface area contributed by atoms with E-state index in [0.717, 1.165) is 24.6 Å². The molecule has 1 unspecified atom stereocenters. The highest BCUT2D eigenvalue weighted by atomic mass is 32.2. The van der Waals surface area contributed by atoms with Gasteiger partial charge in [0.15, 0.2) is 0 Å². The van der Waals surface area contributed by atoms with Crippen molar-refractivity contribution in [2.75, 3.05) is 31.1 Å². The molecule has 2 aliphatic rings. The van der Waals surface area contributed by atoms with Gasteiger partial charge in [0.05, 0.1) is 6.04 Å². The number of amides is 1. The summed E-state index contributed by atoms with van der Waals surface area (Å²) in [5.74, 6) is 1.54. The first kappa shape index (κ1) is 16.3. The molecule has 1 amide bonds. The molecular formula is C16H24N2O2S2. The Morgan fingerprint density at radius 3 is 2.73 bits per heavy atom. The fourth-order valence-corrected chi connectivity index (χ4v) is 5.26. The highest BCUT2D eigenvalue weighted by Crippen LogP contribution is 2.29. The van der Waals surface area contributed by atoms with E-state index < -0.39 is 5.60 Å². The summed E-state index contributed by atoms with van der Waals surface area (Å²) in [4.78, 5) is 16.2. The summed E-state index contributed by atoms with van der Waals surface area (Å²) < 4.78 is 0. The summed E-state index contributed by atoms with van der Waals surface area (Å²) in [6, 6.07) is 4.45. The van der Waals surface area contributed by atoms with Crippen LogP contribution in [0.1, 0.15) is 36.6 Å². The maximum Gasteiger partial charge on any atom is 0.252 e. The monoisotopic (exact) mass is 340 g/mol. The molecule has 4 nitrogen and oxygen atoms in total. The summed E-state index contributed by atoms with van der Waals surface area (Å²) in [6.45, 7) is 2.79. The van der Waals surface area contributed by atoms with Crippen LogP contribution in [0.15, 0.2) is 17.5 Å². The number of thiophene rings is 1. The van der Waals surface area contributed by atoms with Crippen molar-refractivity contribution in [3.8, 4) is 0 Å². The van der Waals surface area contributed by atoms with Crippen molar-refractivity contribution >= 4 is 29.0 Å². The Labute approximate surface area is 140 Å². The summed E-state index contributed by atoms with van der Waals surface area (Å²) in [7, 11) is 0. The number of nitrogens with one attached hydrogen (secondary N) is 1. The van der Waals surface area contributed by atoms with Crippen LogP contribution in [0.5, 0.6) is 0 Å². The van der Waals surface area contributed by atoms with Crippen molar-refractivity contribution in [2.45, 2.75) is 37.3 Å². The number of hydrogen-bond acceptors (Lipinski definition) is 5. The molecular weight excluding hydrogens is 316 g/mol. The minimum atomic E-state index is -1.16. The molecule has 1 aromatic rings. The SMILES string of the molecule is O=C(NCC(c1cccs1)N1CCCC1)C1(O)CCSCC1. The van der Waals surface area contributed by atoms with Crippen LogP contribution in [0.25, 0.3) is 0 Å². The lowest BCUT2D eigenvalue weighted by Gasteiger charge is -2.32. The van der Waals surface area contributed by atoms with Gasteiger partial charge in [0, 0.05) is 11.4 Å². The molecule has 3 heterocycles. The van der Waals surface area contributed by atoms with Gasteiger partial charge in [-0.15, -0.1) is 11.3 Å². The molecule has 0 radical (unpaired) electrons. The van der Waals surface area contributed by atoms with Crippen LogP contribution in [-0.2, 0) is 4.79 Å². The summed E-state index contributed by atoms with van der Waals surface area (Å²) in [6.07, 6.45) is 3.60. The van der Waals surface area contributed by atoms with E-state index in [4.69, 9.17) is 0 Å². The van der Waals surface area contributed by atoms with Gasteiger partial charge >= 0.3 is 0 Å². The van der Waals surface area contributed by atoms with E-state index in [1.54, 1.807) is 11.3 Å². The predicted molar refractivity (Wildman–Crippen MR) is 92.4 cm³/mol. The number of rotatable bonds is 5. The predicted octanol–water partition coefficient (Wildman–Crippen LogP) is 2.26.